The zero-order valence-corrected chi connectivity index (χ0v) is 22.0. The number of rotatable bonds is 9. The lowest BCUT2D eigenvalue weighted by molar-refractivity contribution is -0.138. The molecule has 34 heavy (non-hydrogen) atoms. The van der Waals surface area contributed by atoms with Crippen molar-refractivity contribution in [1.82, 2.24) is 4.98 Å². The molecule has 0 saturated heterocycles. The zero-order valence-electron chi connectivity index (χ0n) is 20.4. The van der Waals surface area contributed by atoms with Gasteiger partial charge in [0.2, 0.25) is 0 Å². The maximum Gasteiger partial charge on any atom is 0.416 e. The maximum absolute atomic E-state index is 13.1. The number of hydrogen-bond donors (Lipinski definition) is 2. The third kappa shape index (κ3) is 11.0. The van der Waals surface area contributed by atoms with Crippen molar-refractivity contribution in [3.8, 4) is 11.3 Å². The highest BCUT2D eigenvalue weighted by Gasteiger charge is 2.32. The first-order valence-corrected chi connectivity index (χ1v) is 12.5. The molecule has 0 spiro atoms. The molecule has 1 aromatic carbocycles. The lowest BCUT2D eigenvalue weighted by atomic mass is 10.0. The number of hydrogen-bond acceptors (Lipinski definition) is 4. The fourth-order valence-electron chi connectivity index (χ4n) is 3.13. The number of carbonyl (C=O) groups is 1. The van der Waals surface area contributed by atoms with Crippen LogP contribution in [0.4, 0.5) is 13.2 Å². The van der Waals surface area contributed by atoms with Crippen molar-refractivity contribution in [1.29, 1.82) is 0 Å². The van der Waals surface area contributed by atoms with E-state index in [2.05, 4.69) is 11.9 Å². The molecule has 1 atom stereocenters. The zero-order chi connectivity index (χ0) is 25.9. The molecule has 0 amide bonds. The number of Topliss-reactive ketones (excluding diaryl/α,β-unsaturated/α-hetero) is 1. The number of ketones is 1. The molecular weight excluding hydrogens is 479 g/mol. The van der Waals surface area contributed by atoms with Crippen molar-refractivity contribution in [2.45, 2.75) is 79.0 Å². The maximum atomic E-state index is 13.1. The Morgan fingerprint density at radius 1 is 1.18 bits per heavy atom. The van der Waals surface area contributed by atoms with E-state index < -0.39 is 11.7 Å². The van der Waals surface area contributed by atoms with Crippen molar-refractivity contribution >= 4 is 40.0 Å². The molecule has 0 aliphatic heterocycles. The Hall–Kier alpha value is -1.90. The summed E-state index contributed by atoms with van der Waals surface area (Å²) in [6.07, 6.45) is 3.18. The minimum Gasteiger partial charge on any atom is -0.393 e. The van der Waals surface area contributed by atoms with Crippen molar-refractivity contribution in [2.24, 2.45) is 0 Å². The van der Waals surface area contributed by atoms with Gasteiger partial charge in [0.1, 0.15) is 0 Å². The van der Waals surface area contributed by atoms with Gasteiger partial charge < -0.3 is 10.1 Å². The summed E-state index contributed by atoms with van der Waals surface area (Å²) < 4.78 is 39.8. The number of thiocarbonyl (C=S) groups is 1. The molecule has 0 radical (unpaired) electrons. The van der Waals surface area contributed by atoms with Gasteiger partial charge in [-0.3, -0.25) is 4.79 Å². The topological polar surface area (TPSA) is 53.1 Å². The molecule has 2 rings (SSSR count). The number of nitrogens with one attached hydrogen (secondary N) is 1. The SMILES string of the molecule is CC(=O)/C(=C\c1ccc(-c2ccc(C)c(C(F)(F)F)c2)[nH]1)SC(C)=S.CCCCCCC(C)O. The van der Waals surface area contributed by atoms with Crippen LogP contribution in [0.2, 0.25) is 0 Å². The summed E-state index contributed by atoms with van der Waals surface area (Å²) in [4.78, 5) is 15.2. The third-order valence-corrected chi connectivity index (χ3v) is 6.09. The molecule has 8 heteroatoms. The van der Waals surface area contributed by atoms with Gasteiger partial charge in [0.05, 0.1) is 16.6 Å². The Morgan fingerprint density at radius 2 is 1.85 bits per heavy atom. The second kappa shape index (κ2) is 14.5. The molecule has 188 valence electrons. The van der Waals surface area contributed by atoms with Crippen molar-refractivity contribution in [2.75, 3.05) is 0 Å². The number of halogens is 3. The van der Waals surface area contributed by atoms with Crippen LogP contribution in [-0.2, 0) is 11.0 Å². The van der Waals surface area contributed by atoms with Gasteiger partial charge >= 0.3 is 6.18 Å². The minimum atomic E-state index is -4.40. The van der Waals surface area contributed by atoms with Gasteiger partial charge in [0.25, 0.3) is 0 Å². The number of aromatic nitrogens is 1. The van der Waals surface area contributed by atoms with E-state index in [0.717, 1.165) is 12.5 Å². The number of thioether (sulfide) groups is 1. The smallest absolute Gasteiger partial charge is 0.393 e. The Kier molecular flexibility index (Phi) is 12.8. The fourth-order valence-corrected chi connectivity index (χ4v) is 4.03. The van der Waals surface area contributed by atoms with Crippen LogP contribution in [0.15, 0.2) is 35.2 Å². The van der Waals surface area contributed by atoms with E-state index >= 15 is 0 Å². The van der Waals surface area contributed by atoms with Crippen molar-refractivity contribution in [3.05, 3.63) is 52.1 Å². The van der Waals surface area contributed by atoms with Crippen LogP contribution in [0.3, 0.4) is 0 Å². The first-order valence-electron chi connectivity index (χ1n) is 11.3. The van der Waals surface area contributed by atoms with Gasteiger partial charge in [-0.1, -0.05) is 68.7 Å². The average Bonchev–Trinajstić information content (AvgIpc) is 3.19. The molecule has 2 N–H and O–H groups in total. The average molecular weight is 514 g/mol. The van der Waals surface area contributed by atoms with Crippen LogP contribution in [0.25, 0.3) is 17.3 Å². The number of benzene rings is 1. The number of aliphatic hydroxyl groups is 1. The predicted octanol–water partition coefficient (Wildman–Crippen LogP) is 8.36. The molecular formula is C26H34F3NO2S2. The molecule has 1 aromatic heterocycles. The summed E-state index contributed by atoms with van der Waals surface area (Å²) in [6, 6.07) is 7.59. The largest absolute Gasteiger partial charge is 0.416 e. The fraction of sp³-hybridized carbons (Fsp3) is 0.462. The molecule has 1 unspecified atom stereocenters. The summed E-state index contributed by atoms with van der Waals surface area (Å²) >= 11 is 6.19. The van der Waals surface area contributed by atoms with Crippen LogP contribution in [0.1, 0.15) is 76.6 Å². The molecule has 0 fully saturated rings. The van der Waals surface area contributed by atoms with E-state index in [0.29, 0.717) is 26.1 Å². The number of allylic oxidation sites excluding steroid dienone is 1. The summed E-state index contributed by atoms with van der Waals surface area (Å²) in [6.45, 7) is 8.65. The Morgan fingerprint density at radius 3 is 2.38 bits per heavy atom. The number of unbranched alkanes of at least 4 members (excludes halogenated alkanes) is 3. The van der Waals surface area contributed by atoms with Crippen molar-refractivity contribution in [3.63, 3.8) is 0 Å². The van der Waals surface area contributed by atoms with Crippen LogP contribution in [0.5, 0.6) is 0 Å². The number of carbonyl (C=O) groups excluding carboxylic acids is 1. The monoisotopic (exact) mass is 513 g/mol. The lowest BCUT2D eigenvalue weighted by Gasteiger charge is -2.11. The molecule has 0 bridgehead atoms. The third-order valence-electron chi connectivity index (χ3n) is 4.93. The Labute approximate surface area is 210 Å². The Bertz CT molecular complexity index is 979. The number of aliphatic hydroxyl groups excluding tert-OH is 1. The minimum absolute atomic E-state index is 0.0955. The molecule has 2 aromatic rings. The van der Waals surface area contributed by atoms with Gasteiger partial charge in [-0.05, 0) is 69.5 Å². The standard InChI is InChI=1S/C18H16F3NOS2.C8H18O/c1-10-4-5-13(8-15(10)18(19,20)21)16-7-6-14(22-16)9-17(11(2)23)25-12(3)24;1-3-4-5-6-7-8(2)9/h4-9,22H,1-3H3;8-9H,3-7H2,1-2H3/b17-9+;. The van der Waals surface area contributed by atoms with Crippen molar-refractivity contribution < 1.29 is 23.1 Å². The van der Waals surface area contributed by atoms with Gasteiger partial charge in [-0.2, -0.15) is 13.2 Å². The predicted molar refractivity (Wildman–Crippen MR) is 141 cm³/mol. The summed E-state index contributed by atoms with van der Waals surface area (Å²) in [5.41, 5.74) is 1.12. The molecule has 1 heterocycles. The van der Waals surface area contributed by atoms with Crippen LogP contribution in [-0.4, -0.2) is 26.2 Å². The first kappa shape index (κ1) is 30.1. The number of aromatic amines is 1. The normalized spacial score (nSPS) is 12.7. The highest BCUT2D eigenvalue weighted by molar-refractivity contribution is 8.26. The highest BCUT2D eigenvalue weighted by Crippen LogP contribution is 2.34. The van der Waals surface area contributed by atoms with Gasteiger partial charge in [0, 0.05) is 15.6 Å². The van der Waals surface area contributed by atoms with Gasteiger partial charge in [-0.25, -0.2) is 0 Å². The summed E-state index contributed by atoms with van der Waals surface area (Å²) in [5, 5.41) is 8.85. The van der Waals surface area contributed by atoms with E-state index in [1.165, 1.54) is 57.4 Å². The number of aryl methyl sites for hydroxylation is 1. The van der Waals surface area contributed by atoms with Crippen LogP contribution in [0, 0.1) is 6.92 Å². The van der Waals surface area contributed by atoms with E-state index in [-0.39, 0.29) is 17.5 Å². The van der Waals surface area contributed by atoms with E-state index in [9.17, 15) is 18.0 Å². The van der Waals surface area contributed by atoms with Gasteiger partial charge in [-0.15, -0.1) is 0 Å². The van der Waals surface area contributed by atoms with E-state index in [1.54, 1.807) is 31.2 Å². The summed E-state index contributed by atoms with van der Waals surface area (Å²) in [5.74, 6) is -0.125. The molecule has 3 nitrogen and oxygen atoms in total. The van der Waals surface area contributed by atoms with Crippen LogP contribution < -0.4 is 0 Å². The van der Waals surface area contributed by atoms with Crippen LogP contribution >= 0.6 is 24.0 Å². The molecule has 0 aliphatic rings. The number of H-pyrrole nitrogens is 1. The second-order valence-corrected chi connectivity index (χ2v) is 10.3. The Balaban J connectivity index is 0.000000546. The van der Waals surface area contributed by atoms with E-state index in [4.69, 9.17) is 17.3 Å². The lowest BCUT2D eigenvalue weighted by Crippen LogP contribution is -2.07. The molecule has 0 saturated carbocycles. The second-order valence-electron chi connectivity index (χ2n) is 8.21. The molecule has 0 aliphatic carbocycles. The van der Waals surface area contributed by atoms with Gasteiger partial charge in [0.15, 0.2) is 5.78 Å². The quantitative estimate of drug-likeness (QED) is 0.201. The van der Waals surface area contributed by atoms with E-state index in [1.807, 2.05) is 6.92 Å². The highest BCUT2D eigenvalue weighted by atomic mass is 32.2. The summed E-state index contributed by atoms with van der Waals surface area (Å²) in [7, 11) is 0. The first-order chi connectivity index (χ1) is 15.8. The number of alkyl halides is 3.